The number of thioether (sulfide) groups is 1. The molecule has 2 atom stereocenters. The summed E-state index contributed by atoms with van der Waals surface area (Å²) in [4.78, 5) is 11.6. The lowest BCUT2D eigenvalue weighted by molar-refractivity contribution is -0.154. The quantitative estimate of drug-likeness (QED) is 0.680. The maximum absolute atomic E-state index is 11.6. The van der Waals surface area contributed by atoms with Crippen molar-refractivity contribution in [3.63, 3.8) is 0 Å². The van der Waals surface area contributed by atoms with Gasteiger partial charge < -0.3 is 4.74 Å². The summed E-state index contributed by atoms with van der Waals surface area (Å²) in [5, 5.41) is 1.18. The van der Waals surface area contributed by atoms with Gasteiger partial charge in [0.1, 0.15) is 5.60 Å². The van der Waals surface area contributed by atoms with Crippen LogP contribution in [0.15, 0.2) is 0 Å². The summed E-state index contributed by atoms with van der Waals surface area (Å²) in [5.74, 6) is -0.0471. The van der Waals surface area contributed by atoms with E-state index in [1.54, 1.807) is 0 Å². The standard InChI is InChI=1S/C12H22O2S/c1-9-6-5-7-10(15-9)8-11(13)14-12(2,3)4/h9-10H,5-8H2,1-4H3/t9-,10-/m0/s1. The molecule has 0 aromatic heterocycles. The Morgan fingerprint density at radius 1 is 1.40 bits per heavy atom. The van der Waals surface area contributed by atoms with E-state index in [-0.39, 0.29) is 11.6 Å². The van der Waals surface area contributed by atoms with Crippen LogP contribution in [0.4, 0.5) is 0 Å². The van der Waals surface area contributed by atoms with Crippen LogP contribution in [-0.4, -0.2) is 22.1 Å². The lowest BCUT2D eigenvalue weighted by Gasteiger charge is -2.27. The van der Waals surface area contributed by atoms with Crippen molar-refractivity contribution in [2.45, 2.75) is 69.5 Å². The van der Waals surface area contributed by atoms with Gasteiger partial charge in [0.05, 0.1) is 6.42 Å². The summed E-state index contributed by atoms with van der Waals surface area (Å²) in [6.07, 6.45) is 4.28. The SMILES string of the molecule is C[C@H]1CCC[C@@H](CC(=O)OC(C)(C)C)S1. The molecule has 0 spiro atoms. The van der Waals surface area contributed by atoms with Gasteiger partial charge in [-0.2, -0.15) is 11.8 Å². The summed E-state index contributed by atoms with van der Waals surface area (Å²) in [7, 11) is 0. The van der Waals surface area contributed by atoms with Gasteiger partial charge >= 0.3 is 5.97 Å². The summed E-state index contributed by atoms with van der Waals surface area (Å²) < 4.78 is 5.32. The highest BCUT2D eigenvalue weighted by molar-refractivity contribution is 8.00. The molecule has 1 aliphatic rings. The Morgan fingerprint density at radius 2 is 2.07 bits per heavy atom. The van der Waals surface area contributed by atoms with Gasteiger partial charge in [0.25, 0.3) is 0 Å². The molecule has 1 fully saturated rings. The van der Waals surface area contributed by atoms with E-state index in [0.29, 0.717) is 16.9 Å². The van der Waals surface area contributed by atoms with Gasteiger partial charge in [0.2, 0.25) is 0 Å². The van der Waals surface area contributed by atoms with Gasteiger partial charge in [-0.25, -0.2) is 0 Å². The van der Waals surface area contributed by atoms with Crippen LogP contribution in [0.1, 0.15) is 53.4 Å². The Morgan fingerprint density at radius 3 is 2.60 bits per heavy atom. The summed E-state index contributed by atoms with van der Waals surface area (Å²) in [5.41, 5.74) is -0.345. The maximum Gasteiger partial charge on any atom is 0.307 e. The predicted octanol–water partition coefficient (Wildman–Crippen LogP) is 3.39. The van der Waals surface area contributed by atoms with Gasteiger partial charge in [-0.1, -0.05) is 13.3 Å². The summed E-state index contributed by atoms with van der Waals surface area (Å²) in [6, 6.07) is 0. The fraction of sp³-hybridized carbons (Fsp3) is 0.917. The van der Waals surface area contributed by atoms with Crippen molar-refractivity contribution in [3.05, 3.63) is 0 Å². The van der Waals surface area contributed by atoms with Crippen LogP contribution in [0.25, 0.3) is 0 Å². The van der Waals surface area contributed by atoms with Crippen molar-refractivity contribution in [2.75, 3.05) is 0 Å². The molecule has 0 N–H and O–H groups in total. The van der Waals surface area contributed by atoms with Crippen LogP contribution in [0.2, 0.25) is 0 Å². The Kier molecular flexibility index (Phi) is 4.50. The largest absolute Gasteiger partial charge is 0.460 e. The third-order valence-corrected chi connectivity index (χ3v) is 3.86. The van der Waals surface area contributed by atoms with Gasteiger partial charge in [-0.05, 0) is 33.6 Å². The zero-order chi connectivity index (χ0) is 11.5. The van der Waals surface area contributed by atoms with Crippen LogP contribution in [-0.2, 0) is 9.53 Å². The lowest BCUT2D eigenvalue weighted by atomic mass is 10.1. The van der Waals surface area contributed by atoms with E-state index in [1.807, 2.05) is 32.5 Å². The molecule has 1 rings (SSSR count). The second kappa shape index (κ2) is 5.24. The smallest absolute Gasteiger partial charge is 0.307 e. The van der Waals surface area contributed by atoms with Crippen molar-refractivity contribution in [1.82, 2.24) is 0 Å². The Balaban J connectivity index is 2.31. The molecule has 0 aromatic carbocycles. The van der Waals surface area contributed by atoms with E-state index >= 15 is 0 Å². The summed E-state index contributed by atoms with van der Waals surface area (Å²) >= 11 is 1.94. The monoisotopic (exact) mass is 230 g/mol. The topological polar surface area (TPSA) is 26.3 Å². The zero-order valence-electron chi connectivity index (χ0n) is 10.2. The summed E-state index contributed by atoms with van der Waals surface area (Å²) in [6.45, 7) is 8.00. The van der Waals surface area contributed by atoms with E-state index < -0.39 is 0 Å². The predicted molar refractivity (Wildman–Crippen MR) is 65.2 cm³/mol. The Labute approximate surface area is 97.1 Å². The number of ether oxygens (including phenoxy) is 1. The minimum atomic E-state index is -0.345. The molecule has 0 aromatic rings. The van der Waals surface area contributed by atoms with Crippen molar-refractivity contribution in [2.24, 2.45) is 0 Å². The minimum Gasteiger partial charge on any atom is -0.460 e. The van der Waals surface area contributed by atoms with Crippen LogP contribution < -0.4 is 0 Å². The molecule has 1 saturated heterocycles. The molecule has 0 radical (unpaired) electrons. The number of rotatable bonds is 2. The second-order valence-corrected chi connectivity index (χ2v) is 7.03. The van der Waals surface area contributed by atoms with Gasteiger partial charge in [0, 0.05) is 10.5 Å². The molecule has 2 nitrogen and oxygen atoms in total. The van der Waals surface area contributed by atoms with Gasteiger partial charge in [0.15, 0.2) is 0 Å². The highest BCUT2D eigenvalue weighted by Gasteiger charge is 2.24. The lowest BCUT2D eigenvalue weighted by Crippen LogP contribution is -2.27. The van der Waals surface area contributed by atoms with Crippen LogP contribution in [0, 0.1) is 0 Å². The molecule has 15 heavy (non-hydrogen) atoms. The average Bonchev–Trinajstić information content (AvgIpc) is 1.99. The van der Waals surface area contributed by atoms with Crippen molar-refractivity contribution in [1.29, 1.82) is 0 Å². The molecule has 0 amide bonds. The fourth-order valence-corrected chi connectivity index (χ4v) is 3.31. The third-order valence-electron chi connectivity index (χ3n) is 2.38. The molecule has 0 bridgehead atoms. The first kappa shape index (κ1) is 12.9. The molecule has 0 saturated carbocycles. The van der Waals surface area contributed by atoms with E-state index in [1.165, 1.54) is 12.8 Å². The highest BCUT2D eigenvalue weighted by Crippen LogP contribution is 2.33. The van der Waals surface area contributed by atoms with Crippen LogP contribution >= 0.6 is 11.8 Å². The molecule has 1 aliphatic heterocycles. The van der Waals surface area contributed by atoms with E-state index in [4.69, 9.17) is 4.74 Å². The second-order valence-electron chi connectivity index (χ2n) is 5.29. The number of hydrogen-bond acceptors (Lipinski definition) is 3. The molecule has 88 valence electrons. The Hall–Kier alpha value is -0.180. The zero-order valence-corrected chi connectivity index (χ0v) is 11.0. The first-order chi connectivity index (χ1) is 6.87. The normalized spacial score (nSPS) is 27.5. The molecule has 0 unspecified atom stereocenters. The maximum atomic E-state index is 11.6. The number of carbonyl (C=O) groups excluding carboxylic acids is 1. The number of esters is 1. The van der Waals surface area contributed by atoms with Gasteiger partial charge in [-0.3, -0.25) is 4.79 Å². The molecule has 3 heteroatoms. The average molecular weight is 230 g/mol. The van der Waals surface area contributed by atoms with E-state index in [0.717, 1.165) is 6.42 Å². The van der Waals surface area contributed by atoms with E-state index in [9.17, 15) is 4.79 Å². The highest BCUT2D eigenvalue weighted by atomic mass is 32.2. The Bertz CT molecular complexity index is 220. The molecule has 1 heterocycles. The molecular weight excluding hydrogens is 208 g/mol. The molecular formula is C12H22O2S. The van der Waals surface area contributed by atoms with Crippen molar-refractivity contribution in [3.8, 4) is 0 Å². The minimum absolute atomic E-state index is 0.0471. The first-order valence-electron chi connectivity index (χ1n) is 5.74. The van der Waals surface area contributed by atoms with Gasteiger partial charge in [-0.15, -0.1) is 0 Å². The molecule has 0 aliphatic carbocycles. The first-order valence-corrected chi connectivity index (χ1v) is 6.68. The number of hydrogen-bond donors (Lipinski definition) is 0. The van der Waals surface area contributed by atoms with Crippen molar-refractivity contribution >= 4 is 17.7 Å². The number of carbonyl (C=O) groups is 1. The fourth-order valence-electron chi connectivity index (χ4n) is 1.82. The van der Waals surface area contributed by atoms with Crippen LogP contribution in [0.3, 0.4) is 0 Å². The van der Waals surface area contributed by atoms with Crippen LogP contribution in [0.5, 0.6) is 0 Å². The van der Waals surface area contributed by atoms with E-state index in [2.05, 4.69) is 6.92 Å². The third kappa shape index (κ3) is 5.45. The van der Waals surface area contributed by atoms with Crippen molar-refractivity contribution < 1.29 is 9.53 Å².